The van der Waals surface area contributed by atoms with Crippen LogP contribution in [0.2, 0.25) is 5.28 Å². The standard InChI is InChI=1S/C32H23ClN8O14S4/c33-30-37-31(34-18-6-9-20(10-7-18)56(44,45)46)39-32(38-30)35-19-8-11-24(58(50,51)52)22(14-19)40-41-27-25(59(53,54)55)13-17-12-21(57(47,48)49)15-23(26(17)28(27)42)36-29(43)16-4-2-1-3-5-16/h1-15,42H,(H,36,43)(H,44,45,46)(H,47,48,49)(H,50,51,52)(H,53,54,55)(H2,34,35,37,38,39)/p-4. The molecule has 22 nitrogen and oxygen atoms in total. The lowest BCUT2D eigenvalue weighted by Crippen LogP contribution is -2.13. The molecule has 6 aromatic rings. The third-order valence-corrected chi connectivity index (χ3v) is 11.3. The van der Waals surface area contributed by atoms with E-state index >= 15 is 0 Å². The number of phenols is 1. The van der Waals surface area contributed by atoms with Crippen molar-refractivity contribution in [2.24, 2.45) is 10.2 Å². The van der Waals surface area contributed by atoms with Crippen LogP contribution < -0.4 is 16.0 Å². The Bertz CT molecular complexity index is 3180. The summed E-state index contributed by atoms with van der Waals surface area (Å²) < 4.78 is 144. The van der Waals surface area contributed by atoms with Gasteiger partial charge in [-0.15, -0.1) is 10.2 Å². The molecule has 0 saturated heterocycles. The van der Waals surface area contributed by atoms with Gasteiger partial charge in [-0.05, 0) is 89.8 Å². The number of aromatic hydroxyl groups is 1. The number of hydrogen-bond acceptors (Lipinski definition) is 21. The van der Waals surface area contributed by atoms with Crippen molar-refractivity contribution in [1.82, 2.24) is 15.0 Å². The zero-order chi connectivity index (χ0) is 43.1. The number of carbonyl (C=O) groups excluding carboxylic acids is 1. The first-order valence-electron chi connectivity index (χ1n) is 15.6. The number of hydrogen-bond donors (Lipinski definition) is 4. The van der Waals surface area contributed by atoms with Gasteiger partial charge in [0.25, 0.3) is 5.91 Å². The molecule has 0 fully saturated rings. The summed E-state index contributed by atoms with van der Waals surface area (Å²) in [7, 11) is -21.1. The van der Waals surface area contributed by atoms with Crippen molar-refractivity contribution in [2.45, 2.75) is 19.6 Å². The molecular formula is C32H19ClN8O14S4-4. The molecule has 0 radical (unpaired) electrons. The van der Waals surface area contributed by atoms with Crippen molar-refractivity contribution in [1.29, 1.82) is 0 Å². The molecule has 306 valence electrons. The Balaban J connectivity index is 1.43. The highest BCUT2D eigenvalue weighted by Gasteiger charge is 2.23. The van der Waals surface area contributed by atoms with Gasteiger partial charge in [-0.2, -0.15) is 15.0 Å². The van der Waals surface area contributed by atoms with Crippen LogP contribution in [-0.4, -0.2) is 77.8 Å². The second kappa shape index (κ2) is 15.8. The summed E-state index contributed by atoms with van der Waals surface area (Å²) in [5, 5.41) is 24.8. The Labute approximate surface area is 337 Å². The number of azo groups is 1. The number of carbonyl (C=O) groups is 1. The summed E-state index contributed by atoms with van der Waals surface area (Å²) in [4.78, 5) is 21.0. The van der Waals surface area contributed by atoms with Gasteiger partial charge in [-0.1, -0.05) is 18.2 Å². The Morgan fingerprint density at radius 3 is 1.78 bits per heavy atom. The fraction of sp³-hybridized carbons (Fsp3) is 0. The van der Waals surface area contributed by atoms with Crippen LogP contribution in [0.3, 0.4) is 0 Å². The second-order valence-corrected chi connectivity index (χ2v) is 17.5. The number of halogens is 1. The number of anilines is 5. The molecule has 5 aromatic carbocycles. The van der Waals surface area contributed by atoms with Crippen LogP contribution in [0.5, 0.6) is 5.75 Å². The third-order valence-electron chi connectivity index (χ3n) is 7.72. The Morgan fingerprint density at radius 2 is 1.20 bits per heavy atom. The summed E-state index contributed by atoms with van der Waals surface area (Å²) in [5.74, 6) is -2.65. The zero-order valence-electron chi connectivity index (χ0n) is 28.7. The monoisotopic (exact) mass is 902 g/mol. The lowest BCUT2D eigenvalue weighted by molar-refractivity contribution is 0.102. The van der Waals surface area contributed by atoms with E-state index in [4.69, 9.17) is 11.6 Å². The number of amides is 1. The smallest absolute Gasteiger partial charge is 0.255 e. The Kier molecular flexibility index (Phi) is 11.4. The molecule has 6 rings (SSSR count). The van der Waals surface area contributed by atoms with E-state index in [-0.39, 0.29) is 28.8 Å². The van der Waals surface area contributed by atoms with E-state index in [0.29, 0.717) is 18.2 Å². The molecule has 1 aromatic heterocycles. The highest BCUT2D eigenvalue weighted by molar-refractivity contribution is 7.86. The molecule has 0 atom stereocenters. The van der Waals surface area contributed by atoms with Crippen LogP contribution in [0, 0.1) is 0 Å². The van der Waals surface area contributed by atoms with Gasteiger partial charge in [0.05, 0.1) is 25.3 Å². The molecule has 0 saturated carbocycles. The predicted octanol–water partition coefficient (Wildman–Crippen LogP) is 4.16. The van der Waals surface area contributed by atoms with Gasteiger partial charge in [0.1, 0.15) is 51.8 Å². The molecule has 4 N–H and O–H groups in total. The highest BCUT2D eigenvalue weighted by atomic mass is 35.5. The van der Waals surface area contributed by atoms with Gasteiger partial charge in [0, 0.05) is 22.3 Å². The molecule has 0 aliphatic carbocycles. The van der Waals surface area contributed by atoms with Gasteiger partial charge in [0.15, 0.2) is 5.75 Å². The third kappa shape index (κ3) is 9.91. The van der Waals surface area contributed by atoms with E-state index in [2.05, 4.69) is 41.1 Å². The predicted molar refractivity (Wildman–Crippen MR) is 200 cm³/mol. The van der Waals surface area contributed by atoms with Gasteiger partial charge in [-0.3, -0.25) is 4.79 Å². The maximum absolute atomic E-state index is 13.1. The highest BCUT2D eigenvalue weighted by Crippen LogP contribution is 2.45. The molecule has 1 heterocycles. The van der Waals surface area contributed by atoms with Crippen molar-refractivity contribution in [3.8, 4) is 5.75 Å². The van der Waals surface area contributed by atoms with Crippen LogP contribution in [0.15, 0.2) is 121 Å². The number of benzene rings is 5. The van der Waals surface area contributed by atoms with Gasteiger partial charge < -0.3 is 39.3 Å². The van der Waals surface area contributed by atoms with Gasteiger partial charge >= 0.3 is 0 Å². The van der Waals surface area contributed by atoms with Crippen LogP contribution >= 0.6 is 11.6 Å². The van der Waals surface area contributed by atoms with E-state index in [1.165, 1.54) is 36.4 Å². The van der Waals surface area contributed by atoms with E-state index in [0.717, 1.165) is 30.3 Å². The largest absolute Gasteiger partial charge is 0.744 e. The number of phenolic OH excluding ortho intramolecular Hbond substituents is 1. The van der Waals surface area contributed by atoms with E-state index < -0.39 is 105 Å². The van der Waals surface area contributed by atoms with Crippen molar-refractivity contribution >= 4 is 109 Å². The van der Waals surface area contributed by atoms with Crippen molar-refractivity contribution < 1.29 is 61.8 Å². The molecule has 0 aliphatic rings. The van der Waals surface area contributed by atoms with Crippen LogP contribution in [0.4, 0.5) is 40.3 Å². The van der Waals surface area contributed by atoms with Crippen molar-refractivity contribution in [3.63, 3.8) is 0 Å². The summed E-state index contributed by atoms with van der Waals surface area (Å²) in [6.45, 7) is 0. The fourth-order valence-corrected chi connectivity index (χ4v) is 7.59. The molecule has 0 aliphatic heterocycles. The number of aromatic nitrogens is 3. The van der Waals surface area contributed by atoms with E-state index in [1.54, 1.807) is 6.07 Å². The number of rotatable bonds is 12. The minimum Gasteiger partial charge on any atom is -0.744 e. The van der Waals surface area contributed by atoms with Gasteiger partial charge in [0.2, 0.25) is 17.2 Å². The first-order chi connectivity index (χ1) is 27.5. The number of fused-ring (bicyclic) bond motifs is 1. The van der Waals surface area contributed by atoms with Crippen molar-refractivity contribution in [2.75, 3.05) is 16.0 Å². The lowest BCUT2D eigenvalue weighted by atomic mass is 10.1. The van der Waals surface area contributed by atoms with E-state index in [1.807, 2.05) is 0 Å². The van der Waals surface area contributed by atoms with Crippen molar-refractivity contribution in [3.05, 3.63) is 102 Å². The molecule has 0 spiro atoms. The molecule has 0 bridgehead atoms. The summed E-state index contributed by atoms with van der Waals surface area (Å²) in [6, 6.07) is 16.2. The Morgan fingerprint density at radius 1 is 0.627 bits per heavy atom. The summed E-state index contributed by atoms with van der Waals surface area (Å²) >= 11 is 6.03. The fourth-order valence-electron chi connectivity index (χ4n) is 5.19. The maximum atomic E-state index is 13.1. The van der Waals surface area contributed by atoms with E-state index in [9.17, 15) is 61.8 Å². The average Bonchev–Trinajstić information content (AvgIpc) is 3.13. The van der Waals surface area contributed by atoms with Crippen LogP contribution in [0.1, 0.15) is 10.4 Å². The van der Waals surface area contributed by atoms with Crippen LogP contribution in [0.25, 0.3) is 10.8 Å². The first-order valence-corrected chi connectivity index (χ1v) is 21.6. The second-order valence-electron chi connectivity index (χ2n) is 11.7. The summed E-state index contributed by atoms with van der Waals surface area (Å²) in [5.41, 5.74) is -2.43. The first kappa shape index (κ1) is 42.4. The van der Waals surface area contributed by atoms with Gasteiger partial charge in [-0.25, -0.2) is 33.7 Å². The maximum Gasteiger partial charge on any atom is 0.255 e. The number of nitrogens with zero attached hydrogens (tertiary/aromatic N) is 5. The minimum absolute atomic E-state index is 0.0203. The molecular weight excluding hydrogens is 884 g/mol. The van der Waals surface area contributed by atoms with Crippen LogP contribution in [-0.2, 0) is 40.5 Å². The molecule has 59 heavy (non-hydrogen) atoms. The normalized spacial score (nSPS) is 12.4. The minimum atomic E-state index is -5.66. The summed E-state index contributed by atoms with van der Waals surface area (Å²) in [6.07, 6.45) is 0. The quantitative estimate of drug-likeness (QED) is 0.0989. The molecule has 1 amide bonds. The number of nitrogens with one attached hydrogen (secondary N) is 3. The Hall–Kier alpha value is -6.23. The zero-order valence-corrected chi connectivity index (χ0v) is 32.7. The topological polar surface area (TPSA) is 366 Å². The molecule has 0 unspecified atom stereocenters. The lowest BCUT2D eigenvalue weighted by Gasteiger charge is -2.18. The SMILES string of the molecule is O=C(Nc1cc(S(=O)(=O)[O-])cc2cc(S(=O)(=O)[O-])c(N=Nc3cc(Nc4nc(Cl)nc(Nc5ccc(S(=O)(=O)[O-])cc5)n4)ccc3S(=O)(=O)[O-])c(O)c12)c1ccccc1. The average molecular weight is 903 g/mol. The molecule has 27 heteroatoms.